The predicted molar refractivity (Wildman–Crippen MR) is 112 cm³/mol. The standard InChI is InChI=1S/C24H25FN2O3/c1-16-22(23(26-30-16)19-5-7-20(25)8-6-19)24(28)27-13-11-18(12-14-27)15-17-3-9-21(29-2)10-4-17/h3-10,18H,11-15H2,1-2H3. The second-order valence-corrected chi connectivity index (χ2v) is 7.76. The van der Waals surface area contributed by atoms with Crippen LogP contribution in [0.5, 0.6) is 5.75 Å². The molecule has 1 aromatic heterocycles. The highest BCUT2D eigenvalue weighted by Crippen LogP contribution is 2.29. The molecule has 2 aromatic carbocycles. The third kappa shape index (κ3) is 4.22. The number of rotatable bonds is 5. The van der Waals surface area contributed by atoms with E-state index in [1.54, 1.807) is 26.2 Å². The molecule has 5 nitrogen and oxygen atoms in total. The first-order chi connectivity index (χ1) is 14.5. The molecule has 1 aliphatic rings. The molecule has 3 aromatic rings. The average Bonchev–Trinajstić information content (AvgIpc) is 3.16. The molecule has 6 heteroatoms. The first kappa shape index (κ1) is 20.1. The normalized spacial score (nSPS) is 14.7. The van der Waals surface area contributed by atoms with Gasteiger partial charge in [0.1, 0.15) is 28.6 Å². The first-order valence-electron chi connectivity index (χ1n) is 10.2. The van der Waals surface area contributed by atoms with Crippen LogP contribution in [-0.2, 0) is 6.42 Å². The van der Waals surface area contributed by atoms with E-state index < -0.39 is 0 Å². The SMILES string of the molecule is COc1ccc(CC2CCN(C(=O)c3c(-c4ccc(F)cc4)noc3C)CC2)cc1. The lowest BCUT2D eigenvalue weighted by Gasteiger charge is -2.32. The van der Waals surface area contributed by atoms with Gasteiger partial charge in [-0.2, -0.15) is 0 Å². The number of methoxy groups -OCH3 is 1. The molecule has 4 rings (SSSR count). The lowest BCUT2D eigenvalue weighted by Crippen LogP contribution is -2.39. The number of nitrogens with zero attached hydrogens (tertiary/aromatic N) is 2. The Labute approximate surface area is 175 Å². The van der Waals surface area contributed by atoms with Crippen molar-refractivity contribution in [3.63, 3.8) is 0 Å². The number of halogens is 1. The average molecular weight is 408 g/mol. The van der Waals surface area contributed by atoms with Crippen molar-refractivity contribution in [3.8, 4) is 17.0 Å². The number of carbonyl (C=O) groups is 1. The van der Waals surface area contributed by atoms with E-state index in [0.29, 0.717) is 41.6 Å². The van der Waals surface area contributed by atoms with Gasteiger partial charge in [-0.3, -0.25) is 4.79 Å². The largest absolute Gasteiger partial charge is 0.497 e. The summed E-state index contributed by atoms with van der Waals surface area (Å²) < 4.78 is 23.8. The number of likely N-dealkylation sites (tertiary alicyclic amines) is 1. The molecule has 0 radical (unpaired) electrons. The Morgan fingerprint density at radius 1 is 1.13 bits per heavy atom. The summed E-state index contributed by atoms with van der Waals surface area (Å²) in [7, 11) is 1.67. The van der Waals surface area contributed by atoms with Crippen molar-refractivity contribution in [2.75, 3.05) is 20.2 Å². The molecular formula is C24H25FN2O3. The minimum Gasteiger partial charge on any atom is -0.497 e. The Balaban J connectivity index is 1.42. The van der Waals surface area contributed by atoms with Crippen molar-refractivity contribution in [1.29, 1.82) is 0 Å². The molecule has 1 amide bonds. The van der Waals surface area contributed by atoms with E-state index in [-0.39, 0.29) is 11.7 Å². The van der Waals surface area contributed by atoms with E-state index in [1.165, 1.54) is 17.7 Å². The first-order valence-corrected chi connectivity index (χ1v) is 10.2. The van der Waals surface area contributed by atoms with Crippen LogP contribution >= 0.6 is 0 Å². The number of hydrogen-bond donors (Lipinski definition) is 0. The highest BCUT2D eigenvalue weighted by atomic mass is 19.1. The second-order valence-electron chi connectivity index (χ2n) is 7.76. The number of piperidine rings is 1. The number of amides is 1. The second kappa shape index (κ2) is 8.69. The van der Waals surface area contributed by atoms with Crippen LogP contribution in [0.15, 0.2) is 53.1 Å². The fourth-order valence-electron chi connectivity index (χ4n) is 4.02. The topological polar surface area (TPSA) is 55.6 Å². The molecule has 30 heavy (non-hydrogen) atoms. The summed E-state index contributed by atoms with van der Waals surface area (Å²) in [5.74, 6) is 1.49. The Hall–Kier alpha value is -3.15. The van der Waals surface area contributed by atoms with Gasteiger partial charge < -0.3 is 14.2 Å². The highest BCUT2D eigenvalue weighted by Gasteiger charge is 2.29. The molecule has 0 atom stereocenters. The number of carbonyl (C=O) groups excluding carboxylic acids is 1. The van der Waals surface area contributed by atoms with E-state index in [1.807, 2.05) is 17.0 Å². The van der Waals surface area contributed by atoms with Crippen molar-refractivity contribution in [1.82, 2.24) is 10.1 Å². The summed E-state index contributed by atoms with van der Waals surface area (Å²) in [5.41, 5.74) is 2.90. The number of aryl methyl sites for hydroxylation is 1. The van der Waals surface area contributed by atoms with Crippen LogP contribution in [0, 0.1) is 18.7 Å². The van der Waals surface area contributed by atoms with Crippen LogP contribution in [-0.4, -0.2) is 36.2 Å². The fourth-order valence-corrected chi connectivity index (χ4v) is 4.02. The minimum atomic E-state index is -0.328. The number of ether oxygens (including phenoxy) is 1. The summed E-state index contributed by atoms with van der Waals surface area (Å²) in [6.07, 6.45) is 2.90. The van der Waals surface area contributed by atoms with Gasteiger partial charge >= 0.3 is 0 Å². The number of aromatic nitrogens is 1. The molecule has 156 valence electrons. The summed E-state index contributed by atoms with van der Waals surface area (Å²) in [6, 6.07) is 14.1. The monoisotopic (exact) mass is 408 g/mol. The van der Waals surface area contributed by atoms with E-state index in [0.717, 1.165) is 25.0 Å². The van der Waals surface area contributed by atoms with Gasteiger partial charge in [0, 0.05) is 18.7 Å². The zero-order valence-corrected chi connectivity index (χ0v) is 17.2. The molecule has 1 aliphatic heterocycles. The van der Waals surface area contributed by atoms with Gasteiger partial charge in [0.2, 0.25) is 0 Å². The molecule has 0 aliphatic carbocycles. The highest BCUT2D eigenvalue weighted by molar-refractivity contribution is 6.00. The maximum Gasteiger partial charge on any atom is 0.259 e. The summed E-state index contributed by atoms with van der Waals surface area (Å²) >= 11 is 0. The Bertz CT molecular complexity index is 1000. The Morgan fingerprint density at radius 3 is 2.43 bits per heavy atom. The summed E-state index contributed by atoms with van der Waals surface area (Å²) in [5, 5.41) is 4.06. The molecule has 0 bridgehead atoms. The Morgan fingerprint density at radius 2 is 1.80 bits per heavy atom. The van der Waals surface area contributed by atoms with Gasteiger partial charge in [-0.05, 0) is 74.1 Å². The molecule has 0 saturated carbocycles. The lowest BCUT2D eigenvalue weighted by atomic mass is 9.90. The third-order valence-electron chi connectivity index (χ3n) is 5.78. The van der Waals surface area contributed by atoms with Crippen LogP contribution in [0.1, 0.15) is 34.5 Å². The van der Waals surface area contributed by atoms with E-state index >= 15 is 0 Å². The maximum atomic E-state index is 13.3. The molecule has 0 spiro atoms. The molecule has 0 unspecified atom stereocenters. The zero-order valence-electron chi connectivity index (χ0n) is 17.2. The molecule has 1 saturated heterocycles. The summed E-state index contributed by atoms with van der Waals surface area (Å²) in [4.78, 5) is 15.1. The number of benzene rings is 2. The zero-order chi connectivity index (χ0) is 21.1. The Kier molecular flexibility index (Phi) is 5.84. The predicted octanol–water partition coefficient (Wildman–Crippen LogP) is 4.89. The van der Waals surface area contributed by atoms with Gasteiger partial charge in [-0.15, -0.1) is 0 Å². The smallest absolute Gasteiger partial charge is 0.259 e. The van der Waals surface area contributed by atoms with Crippen molar-refractivity contribution < 1.29 is 18.4 Å². The van der Waals surface area contributed by atoms with E-state index in [9.17, 15) is 9.18 Å². The van der Waals surface area contributed by atoms with E-state index in [4.69, 9.17) is 9.26 Å². The van der Waals surface area contributed by atoms with Crippen molar-refractivity contribution >= 4 is 5.91 Å². The van der Waals surface area contributed by atoms with Crippen molar-refractivity contribution in [2.45, 2.75) is 26.2 Å². The van der Waals surface area contributed by atoms with Crippen LogP contribution in [0.3, 0.4) is 0 Å². The molecule has 1 fully saturated rings. The number of hydrogen-bond acceptors (Lipinski definition) is 4. The van der Waals surface area contributed by atoms with Gasteiger partial charge in [-0.25, -0.2) is 4.39 Å². The van der Waals surface area contributed by atoms with E-state index in [2.05, 4.69) is 17.3 Å². The van der Waals surface area contributed by atoms with Crippen LogP contribution in [0.2, 0.25) is 0 Å². The molecule has 2 heterocycles. The van der Waals surface area contributed by atoms with Crippen LogP contribution in [0.25, 0.3) is 11.3 Å². The van der Waals surface area contributed by atoms with Gasteiger partial charge in [0.25, 0.3) is 5.91 Å². The van der Waals surface area contributed by atoms with Crippen LogP contribution < -0.4 is 4.74 Å². The minimum absolute atomic E-state index is 0.0732. The molecule has 0 N–H and O–H groups in total. The quantitative estimate of drug-likeness (QED) is 0.603. The fraction of sp³-hybridized carbons (Fsp3) is 0.333. The maximum absolute atomic E-state index is 13.3. The van der Waals surface area contributed by atoms with Crippen LogP contribution in [0.4, 0.5) is 4.39 Å². The van der Waals surface area contributed by atoms with Gasteiger partial charge in [0.15, 0.2) is 0 Å². The van der Waals surface area contributed by atoms with Crippen molar-refractivity contribution in [3.05, 3.63) is 71.2 Å². The van der Waals surface area contributed by atoms with Crippen molar-refractivity contribution in [2.24, 2.45) is 5.92 Å². The van der Waals surface area contributed by atoms with Gasteiger partial charge in [0.05, 0.1) is 7.11 Å². The summed E-state index contributed by atoms with van der Waals surface area (Å²) in [6.45, 7) is 3.14. The molecular weight excluding hydrogens is 383 g/mol. The lowest BCUT2D eigenvalue weighted by molar-refractivity contribution is 0.0689. The third-order valence-corrected chi connectivity index (χ3v) is 5.78. The van der Waals surface area contributed by atoms with Gasteiger partial charge in [-0.1, -0.05) is 17.3 Å².